The second-order valence-electron chi connectivity index (χ2n) is 3.08. The summed E-state index contributed by atoms with van der Waals surface area (Å²) in [6.07, 6.45) is -4.73. The highest BCUT2D eigenvalue weighted by Gasteiger charge is 2.32. The van der Waals surface area contributed by atoms with Crippen LogP contribution in [0.1, 0.15) is 15.9 Å². The maximum atomic E-state index is 12.4. The van der Waals surface area contributed by atoms with Gasteiger partial charge in [0.1, 0.15) is 11.3 Å². The molecule has 18 heavy (non-hydrogen) atoms. The summed E-state index contributed by atoms with van der Waals surface area (Å²) in [5, 5.41) is 0. The highest BCUT2D eigenvalue weighted by molar-refractivity contribution is 5.92. The summed E-state index contributed by atoms with van der Waals surface area (Å²) in [4.78, 5) is 11.1. The lowest BCUT2D eigenvalue weighted by Crippen LogP contribution is -2.12. The van der Waals surface area contributed by atoms with Crippen molar-refractivity contribution in [1.29, 1.82) is 0 Å². The van der Waals surface area contributed by atoms with E-state index < -0.39 is 35.6 Å². The molecular weight excluding hydrogens is 263 g/mol. The SMILES string of the molecule is COC(=O)c1ccc(C(F)(F)F)cc1OC(F)F. The van der Waals surface area contributed by atoms with E-state index in [1.807, 2.05) is 0 Å². The van der Waals surface area contributed by atoms with Crippen LogP contribution >= 0.6 is 0 Å². The molecule has 0 aliphatic rings. The van der Waals surface area contributed by atoms with Gasteiger partial charge in [-0.05, 0) is 18.2 Å². The van der Waals surface area contributed by atoms with Gasteiger partial charge in [0.05, 0.1) is 12.7 Å². The van der Waals surface area contributed by atoms with E-state index in [0.717, 1.165) is 7.11 Å². The summed E-state index contributed by atoms with van der Waals surface area (Å²) in [5.74, 6) is -1.95. The van der Waals surface area contributed by atoms with Gasteiger partial charge in [0.2, 0.25) is 0 Å². The average Bonchev–Trinajstić information content (AvgIpc) is 2.26. The molecule has 0 aromatic heterocycles. The first-order valence-electron chi connectivity index (χ1n) is 4.50. The number of hydrogen-bond donors (Lipinski definition) is 0. The van der Waals surface area contributed by atoms with Crippen molar-refractivity contribution in [3.8, 4) is 5.75 Å². The predicted molar refractivity (Wildman–Crippen MR) is 49.4 cm³/mol. The Morgan fingerprint density at radius 1 is 1.28 bits per heavy atom. The molecule has 0 unspecified atom stereocenters. The van der Waals surface area contributed by atoms with Crippen molar-refractivity contribution in [1.82, 2.24) is 0 Å². The van der Waals surface area contributed by atoms with Gasteiger partial charge < -0.3 is 9.47 Å². The summed E-state index contributed by atoms with van der Waals surface area (Å²) in [6, 6.07) is 1.61. The third kappa shape index (κ3) is 3.31. The van der Waals surface area contributed by atoms with Crippen LogP contribution in [0, 0.1) is 0 Å². The monoisotopic (exact) mass is 270 g/mol. The van der Waals surface area contributed by atoms with E-state index in [0.29, 0.717) is 18.2 Å². The highest BCUT2D eigenvalue weighted by atomic mass is 19.4. The molecule has 3 nitrogen and oxygen atoms in total. The molecule has 0 atom stereocenters. The van der Waals surface area contributed by atoms with Crippen molar-refractivity contribution in [3.63, 3.8) is 0 Å². The fourth-order valence-corrected chi connectivity index (χ4v) is 1.17. The smallest absolute Gasteiger partial charge is 0.416 e. The number of ether oxygens (including phenoxy) is 2. The summed E-state index contributed by atoms with van der Waals surface area (Å²) < 4.78 is 69.3. The van der Waals surface area contributed by atoms with Crippen LogP contribution in [-0.2, 0) is 10.9 Å². The average molecular weight is 270 g/mol. The fourth-order valence-electron chi connectivity index (χ4n) is 1.17. The Balaban J connectivity index is 3.24. The van der Waals surface area contributed by atoms with Crippen LogP contribution in [0.15, 0.2) is 18.2 Å². The third-order valence-electron chi connectivity index (χ3n) is 1.93. The minimum Gasteiger partial charge on any atom is -0.465 e. The Morgan fingerprint density at radius 3 is 2.33 bits per heavy atom. The van der Waals surface area contributed by atoms with Crippen LogP contribution < -0.4 is 4.74 Å². The molecule has 0 saturated carbocycles. The normalized spacial score (nSPS) is 11.5. The largest absolute Gasteiger partial charge is 0.465 e. The number of methoxy groups -OCH3 is 1. The number of carbonyl (C=O) groups is 1. The van der Waals surface area contributed by atoms with Gasteiger partial charge in [-0.2, -0.15) is 22.0 Å². The van der Waals surface area contributed by atoms with Crippen molar-refractivity contribution in [2.75, 3.05) is 7.11 Å². The van der Waals surface area contributed by atoms with Crippen LogP contribution in [0.4, 0.5) is 22.0 Å². The zero-order valence-corrected chi connectivity index (χ0v) is 8.92. The number of benzene rings is 1. The number of hydrogen-bond acceptors (Lipinski definition) is 3. The summed E-state index contributed by atoms with van der Waals surface area (Å²) in [5.41, 5.74) is -1.71. The van der Waals surface area contributed by atoms with Crippen molar-refractivity contribution in [2.24, 2.45) is 0 Å². The molecule has 0 aliphatic heterocycles. The van der Waals surface area contributed by atoms with Gasteiger partial charge in [0, 0.05) is 0 Å². The van der Waals surface area contributed by atoms with E-state index in [1.54, 1.807) is 0 Å². The number of carbonyl (C=O) groups excluding carboxylic acids is 1. The van der Waals surface area contributed by atoms with E-state index in [9.17, 15) is 26.7 Å². The Bertz CT molecular complexity index is 442. The molecule has 0 fully saturated rings. The minimum atomic E-state index is -4.73. The molecule has 0 bridgehead atoms. The molecule has 0 spiro atoms. The first-order valence-corrected chi connectivity index (χ1v) is 4.50. The number of esters is 1. The maximum absolute atomic E-state index is 12.4. The second-order valence-corrected chi connectivity index (χ2v) is 3.08. The summed E-state index contributed by atoms with van der Waals surface area (Å²) in [7, 11) is 0.964. The number of halogens is 5. The van der Waals surface area contributed by atoms with Gasteiger partial charge >= 0.3 is 18.8 Å². The molecule has 0 amide bonds. The number of rotatable bonds is 3. The van der Waals surface area contributed by atoms with Crippen LogP contribution in [0.2, 0.25) is 0 Å². The molecule has 0 N–H and O–H groups in total. The molecule has 100 valence electrons. The Kier molecular flexibility index (Phi) is 4.10. The van der Waals surface area contributed by atoms with Gasteiger partial charge in [-0.3, -0.25) is 0 Å². The standard InChI is InChI=1S/C10H7F5O3/c1-17-8(16)6-3-2-5(10(13,14)15)4-7(6)18-9(11)12/h2-4,9H,1H3. The van der Waals surface area contributed by atoms with Crippen molar-refractivity contribution in [3.05, 3.63) is 29.3 Å². The van der Waals surface area contributed by atoms with Gasteiger partial charge in [-0.15, -0.1) is 0 Å². The molecule has 0 aliphatic carbocycles. The summed E-state index contributed by atoms with van der Waals surface area (Å²) >= 11 is 0. The van der Waals surface area contributed by atoms with E-state index in [-0.39, 0.29) is 0 Å². The molecule has 0 heterocycles. The molecule has 0 saturated heterocycles. The predicted octanol–water partition coefficient (Wildman–Crippen LogP) is 3.09. The van der Waals surface area contributed by atoms with Gasteiger partial charge in [-0.25, -0.2) is 4.79 Å². The molecule has 0 radical (unpaired) electrons. The lowest BCUT2D eigenvalue weighted by atomic mass is 10.1. The van der Waals surface area contributed by atoms with Crippen molar-refractivity contribution >= 4 is 5.97 Å². The van der Waals surface area contributed by atoms with Crippen molar-refractivity contribution in [2.45, 2.75) is 12.8 Å². The van der Waals surface area contributed by atoms with Gasteiger partial charge in [0.15, 0.2) is 0 Å². The molecule has 1 rings (SSSR count). The van der Waals surface area contributed by atoms with E-state index >= 15 is 0 Å². The lowest BCUT2D eigenvalue weighted by Gasteiger charge is -2.12. The molecular formula is C10H7F5O3. The third-order valence-corrected chi connectivity index (χ3v) is 1.93. The van der Waals surface area contributed by atoms with E-state index in [2.05, 4.69) is 9.47 Å². The number of alkyl halides is 5. The first-order chi connectivity index (χ1) is 8.25. The maximum Gasteiger partial charge on any atom is 0.416 e. The first kappa shape index (κ1) is 14.2. The van der Waals surface area contributed by atoms with E-state index in [1.165, 1.54) is 0 Å². The van der Waals surface area contributed by atoms with E-state index in [4.69, 9.17) is 0 Å². The molecule has 1 aromatic rings. The zero-order chi connectivity index (χ0) is 13.9. The van der Waals surface area contributed by atoms with Gasteiger partial charge in [0.25, 0.3) is 0 Å². The van der Waals surface area contributed by atoms with Crippen LogP contribution in [0.5, 0.6) is 5.75 Å². The zero-order valence-electron chi connectivity index (χ0n) is 8.92. The quantitative estimate of drug-likeness (QED) is 0.625. The van der Waals surface area contributed by atoms with Crippen molar-refractivity contribution < 1.29 is 36.2 Å². The lowest BCUT2D eigenvalue weighted by molar-refractivity contribution is -0.138. The Labute approximate surface area is 98.1 Å². The fraction of sp³-hybridized carbons (Fsp3) is 0.300. The van der Waals surface area contributed by atoms with Crippen LogP contribution in [-0.4, -0.2) is 19.7 Å². The second kappa shape index (κ2) is 5.19. The molecule has 1 aromatic carbocycles. The highest BCUT2D eigenvalue weighted by Crippen LogP contribution is 2.33. The minimum absolute atomic E-state index is 0.318. The Hall–Kier alpha value is -1.86. The van der Waals surface area contributed by atoms with Gasteiger partial charge in [-0.1, -0.05) is 0 Å². The molecule has 8 heteroatoms. The topological polar surface area (TPSA) is 35.5 Å². The van der Waals surface area contributed by atoms with Crippen LogP contribution in [0.25, 0.3) is 0 Å². The van der Waals surface area contributed by atoms with Crippen LogP contribution in [0.3, 0.4) is 0 Å². The Morgan fingerprint density at radius 2 is 1.89 bits per heavy atom. The summed E-state index contributed by atoms with van der Waals surface area (Å²) in [6.45, 7) is -3.35.